The third-order valence-corrected chi connectivity index (χ3v) is 7.32. The molecule has 0 saturated carbocycles. The summed E-state index contributed by atoms with van der Waals surface area (Å²) in [5, 5.41) is 14.1. The Kier molecular flexibility index (Phi) is 7.20. The van der Waals surface area contributed by atoms with Gasteiger partial charge in [0.25, 0.3) is 5.56 Å². The van der Waals surface area contributed by atoms with Crippen LogP contribution in [0, 0.1) is 11.3 Å². The van der Waals surface area contributed by atoms with Crippen LogP contribution in [0.2, 0.25) is 0 Å². The normalized spacial score (nSPS) is 19.7. The lowest BCUT2D eigenvalue weighted by atomic mass is 9.96. The SMILES string of the molecule is CCCCc1c(Cc2ccc(-c3ccccc3C#N)cc2)c(=O)n([C@H]2C[C@@H](C)O[C@@H](C)C2)c2ncnn12. The van der Waals surface area contributed by atoms with Gasteiger partial charge in [-0.15, -0.1) is 0 Å². The fourth-order valence-corrected chi connectivity index (χ4v) is 5.60. The van der Waals surface area contributed by atoms with Gasteiger partial charge in [0.1, 0.15) is 6.33 Å². The summed E-state index contributed by atoms with van der Waals surface area (Å²) in [4.78, 5) is 18.7. The molecule has 1 aliphatic heterocycles. The fraction of sp³-hybridized carbons (Fsp3) is 0.400. The molecule has 0 aliphatic carbocycles. The lowest BCUT2D eigenvalue weighted by Crippen LogP contribution is -2.38. The maximum atomic E-state index is 14.2. The highest BCUT2D eigenvalue weighted by atomic mass is 16.5. The number of fused-ring (bicyclic) bond motifs is 1. The van der Waals surface area contributed by atoms with Crippen LogP contribution in [0.5, 0.6) is 0 Å². The molecule has 0 radical (unpaired) electrons. The van der Waals surface area contributed by atoms with Crippen molar-refractivity contribution in [2.75, 3.05) is 0 Å². The molecule has 1 aliphatic rings. The predicted octanol–water partition coefficient (Wildman–Crippen LogP) is 5.49. The van der Waals surface area contributed by atoms with Crippen LogP contribution in [0.15, 0.2) is 59.7 Å². The Labute approximate surface area is 217 Å². The molecule has 1 fully saturated rings. The minimum atomic E-state index is 0.0155. The average molecular weight is 496 g/mol. The Balaban J connectivity index is 1.58. The van der Waals surface area contributed by atoms with Gasteiger partial charge >= 0.3 is 0 Å². The van der Waals surface area contributed by atoms with Crippen LogP contribution in [0.25, 0.3) is 16.9 Å². The highest BCUT2D eigenvalue weighted by molar-refractivity contribution is 5.70. The molecule has 3 heterocycles. The second-order valence-electron chi connectivity index (χ2n) is 10.1. The van der Waals surface area contributed by atoms with Gasteiger partial charge < -0.3 is 4.74 Å². The first-order chi connectivity index (χ1) is 18.0. The molecule has 0 unspecified atom stereocenters. The van der Waals surface area contributed by atoms with Crippen LogP contribution in [0.1, 0.15) is 74.9 Å². The number of ether oxygens (including phenoxy) is 1. The molecular weight excluding hydrogens is 462 g/mol. The number of hydrogen-bond acceptors (Lipinski definition) is 5. The zero-order chi connectivity index (χ0) is 25.9. The van der Waals surface area contributed by atoms with Crippen LogP contribution < -0.4 is 5.56 Å². The van der Waals surface area contributed by atoms with Crippen molar-refractivity contribution in [1.29, 1.82) is 5.26 Å². The molecule has 37 heavy (non-hydrogen) atoms. The Morgan fingerprint density at radius 3 is 2.51 bits per heavy atom. The zero-order valence-electron chi connectivity index (χ0n) is 21.7. The number of benzene rings is 2. The van der Waals surface area contributed by atoms with E-state index in [1.165, 1.54) is 0 Å². The highest BCUT2D eigenvalue weighted by Gasteiger charge is 2.30. The summed E-state index contributed by atoms with van der Waals surface area (Å²) < 4.78 is 9.71. The Morgan fingerprint density at radius 1 is 1.08 bits per heavy atom. The van der Waals surface area contributed by atoms with Crippen molar-refractivity contribution in [3.63, 3.8) is 0 Å². The van der Waals surface area contributed by atoms with Crippen LogP contribution in [-0.4, -0.2) is 31.4 Å². The second-order valence-corrected chi connectivity index (χ2v) is 10.1. The van der Waals surface area contributed by atoms with E-state index in [2.05, 4.69) is 49.1 Å². The number of aryl methyl sites for hydroxylation is 1. The Hall–Kier alpha value is -3.76. The molecule has 1 saturated heterocycles. The van der Waals surface area contributed by atoms with E-state index in [0.717, 1.165) is 60.1 Å². The first kappa shape index (κ1) is 24.9. The van der Waals surface area contributed by atoms with E-state index in [1.54, 1.807) is 6.33 Å². The smallest absolute Gasteiger partial charge is 0.259 e. The molecule has 0 N–H and O–H groups in total. The largest absolute Gasteiger partial charge is 0.375 e. The maximum Gasteiger partial charge on any atom is 0.259 e. The molecule has 2 aromatic carbocycles. The topological polar surface area (TPSA) is 85.2 Å². The number of rotatable bonds is 7. The first-order valence-electron chi connectivity index (χ1n) is 13.2. The minimum Gasteiger partial charge on any atom is -0.375 e. The minimum absolute atomic E-state index is 0.0155. The van der Waals surface area contributed by atoms with E-state index < -0.39 is 0 Å². The van der Waals surface area contributed by atoms with E-state index in [4.69, 9.17) is 4.74 Å². The van der Waals surface area contributed by atoms with E-state index >= 15 is 0 Å². The summed E-state index contributed by atoms with van der Waals surface area (Å²) >= 11 is 0. The van der Waals surface area contributed by atoms with Gasteiger partial charge in [-0.2, -0.15) is 15.3 Å². The number of nitriles is 1. The summed E-state index contributed by atoms with van der Waals surface area (Å²) in [5.41, 5.74) is 5.35. The van der Waals surface area contributed by atoms with Crippen LogP contribution in [0.3, 0.4) is 0 Å². The number of nitrogens with zero attached hydrogens (tertiary/aromatic N) is 5. The van der Waals surface area contributed by atoms with Crippen molar-refractivity contribution in [1.82, 2.24) is 19.2 Å². The quantitative estimate of drug-likeness (QED) is 0.338. The summed E-state index contributed by atoms with van der Waals surface area (Å²) in [6.45, 7) is 6.29. The van der Waals surface area contributed by atoms with E-state index in [-0.39, 0.29) is 23.8 Å². The van der Waals surface area contributed by atoms with E-state index in [9.17, 15) is 10.1 Å². The van der Waals surface area contributed by atoms with Gasteiger partial charge in [0.2, 0.25) is 5.78 Å². The van der Waals surface area contributed by atoms with Crippen molar-refractivity contribution >= 4 is 5.78 Å². The monoisotopic (exact) mass is 495 g/mol. The van der Waals surface area contributed by atoms with Gasteiger partial charge in [0.05, 0.1) is 29.5 Å². The molecule has 5 rings (SSSR count). The number of aromatic nitrogens is 4. The lowest BCUT2D eigenvalue weighted by Gasteiger charge is -2.33. The van der Waals surface area contributed by atoms with Crippen molar-refractivity contribution in [3.8, 4) is 17.2 Å². The molecular formula is C30H33N5O2. The van der Waals surface area contributed by atoms with Gasteiger partial charge in [-0.05, 0) is 62.3 Å². The van der Waals surface area contributed by atoms with Crippen LogP contribution >= 0.6 is 0 Å². The van der Waals surface area contributed by atoms with Crippen LogP contribution in [0.4, 0.5) is 0 Å². The van der Waals surface area contributed by atoms with Crippen molar-refractivity contribution in [3.05, 3.63) is 87.6 Å². The molecule has 0 bridgehead atoms. The molecule has 7 heteroatoms. The molecule has 0 amide bonds. The molecule has 0 spiro atoms. The summed E-state index contributed by atoms with van der Waals surface area (Å²) in [6.07, 6.45) is 6.55. The molecule has 190 valence electrons. The lowest BCUT2D eigenvalue weighted by molar-refractivity contribution is -0.0488. The third-order valence-electron chi connectivity index (χ3n) is 7.32. The second kappa shape index (κ2) is 10.7. The van der Waals surface area contributed by atoms with Crippen molar-refractivity contribution < 1.29 is 4.74 Å². The van der Waals surface area contributed by atoms with Gasteiger partial charge in [-0.25, -0.2) is 4.52 Å². The highest BCUT2D eigenvalue weighted by Crippen LogP contribution is 2.30. The van der Waals surface area contributed by atoms with Crippen molar-refractivity contribution in [2.24, 2.45) is 0 Å². The standard InChI is InChI=1S/C30H33N5O2/c1-4-5-10-28-27(17-22-11-13-23(14-12-22)26-9-7-6-8-24(26)18-31)29(36)34(30-32-19-33-35(28)30)25-15-20(2)37-21(3)16-25/h6-9,11-14,19-21,25H,4-5,10,15-17H2,1-3H3/t20-,21+,25+. The molecule has 2 aromatic heterocycles. The Morgan fingerprint density at radius 2 is 1.81 bits per heavy atom. The van der Waals surface area contributed by atoms with Gasteiger partial charge in [-0.3, -0.25) is 9.36 Å². The zero-order valence-corrected chi connectivity index (χ0v) is 21.7. The summed E-state index contributed by atoms with van der Waals surface area (Å²) in [7, 11) is 0. The molecule has 3 atom stereocenters. The van der Waals surface area contributed by atoms with Crippen LogP contribution in [-0.2, 0) is 17.6 Å². The molecule has 7 nitrogen and oxygen atoms in total. The molecule has 4 aromatic rings. The number of hydrogen-bond donors (Lipinski definition) is 0. The van der Waals surface area contributed by atoms with Gasteiger partial charge in [0, 0.05) is 18.0 Å². The first-order valence-corrected chi connectivity index (χ1v) is 13.2. The summed E-state index contributed by atoms with van der Waals surface area (Å²) in [6, 6.07) is 18.1. The number of unbranched alkanes of at least 4 members (excludes halogenated alkanes) is 1. The third kappa shape index (κ3) is 4.94. The Bertz CT molecular complexity index is 1490. The van der Waals surface area contributed by atoms with Gasteiger partial charge in [-0.1, -0.05) is 55.8 Å². The average Bonchev–Trinajstić information content (AvgIpc) is 3.37. The van der Waals surface area contributed by atoms with E-state index in [0.29, 0.717) is 17.8 Å². The predicted molar refractivity (Wildman–Crippen MR) is 144 cm³/mol. The van der Waals surface area contributed by atoms with Crippen molar-refractivity contribution in [2.45, 2.75) is 77.5 Å². The van der Waals surface area contributed by atoms with E-state index in [1.807, 2.05) is 45.5 Å². The van der Waals surface area contributed by atoms with Gasteiger partial charge in [0.15, 0.2) is 0 Å². The fourth-order valence-electron chi connectivity index (χ4n) is 5.60. The maximum absolute atomic E-state index is 14.2. The summed E-state index contributed by atoms with van der Waals surface area (Å²) in [5.74, 6) is 0.620.